The lowest BCUT2D eigenvalue weighted by atomic mass is 9.67. The van der Waals surface area contributed by atoms with Gasteiger partial charge in [0.05, 0.1) is 6.42 Å². The second-order valence-corrected chi connectivity index (χ2v) is 9.18. The van der Waals surface area contributed by atoms with Crippen molar-refractivity contribution in [3.8, 4) is 0 Å². The molecule has 3 heteroatoms. The molecule has 2 aromatic carbocycles. The fourth-order valence-corrected chi connectivity index (χ4v) is 4.12. The lowest BCUT2D eigenvalue weighted by Crippen LogP contribution is -2.29. The predicted molar refractivity (Wildman–Crippen MR) is 118 cm³/mol. The maximum Gasteiger partial charge on any atom is 0.230 e. The van der Waals surface area contributed by atoms with Crippen LogP contribution in [0.3, 0.4) is 0 Å². The maximum atomic E-state index is 5.11. The Morgan fingerprint density at radius 2 is 1.59 bits per heavy atom. The Morgan fingerprint density at radius 3 is 2.17 bits per heavy atom. The van der Waals surface area contributed by atoms with Crippen molar-refractivity contribution in [3.05, 3.63) is 101 Å². The highest BCUT2D eigenvalue weighted by atomic mass is 16.5. The van der Waals surface area contributed by atoms with Gasteiger partial charge in [-0.15, -0.1) is 0 Å². The Bertz CT molecular complexity index is 1080. The second kappa shape index (κ2) is 6.84. The Hall–Kier alpha value is -2.94. The molecule has 1 heterocycles. The van der Waals surface area contributed by atoms with Crippen LogP contribution in [0.5, 0.6) is 0 Å². The van der Waals surface area contributed by atoms with E-state index in [1.54, 1.807) is 0 Å². The first-order valence-electron chi connectivity index (χ1n) is 10.1. The highest BCUT2D eigenvalue weighted by molar-refractivity contribution is 5.81. The summed E-state index contributed by atoms with van der Waals surface area (Å²) in [6.07, 6.45) is 6.75. The van der Waals surface area contributed by atoms with Gasteiger partial charge in [0.25, 0.3) is 0 Å². The van der Waals surface area contributed by atoms with Crippen LogP contribution in [0.1, 0.15) is 67.0 Å². The van der Waals surface area contributed by atoms with Crippen molar-refractivity contribution < 1.29 is 4.52 Å². The van der Waals surface area contributed by atoms with E-state index in [2.05, 4.69) is 99.9 Å². The summed E-state index contributed by atoms with van der Waals surface area (Å²) in [6.45, 7) is 15.8. The van der Waals surface area contributed by atoms with Crippen molar-refractivity contribution in [1.82, 2.24) is 10.1 Å². The summed E-state index contributed by atoms with van der Waals surface area (Å²) in [4.78, 5) is 4.09. The average Bonchev–Trinajstić information content (AvgIpc) is 3.18. The smallest absolute Gasteiger partial charge is 0.230 e. The van der Waals surface area contributed by atoms with E-state index in [1.165, 1.54) is 28.6 Å². The van der Waals surface area contributed by atoms with Gasteiger partial charge >= 0.3 is 0 Å². The van der Waals surface area contributed by atoms with E-state index in [-0.39, 0.29) is 10.8 Å². The number of rotatable bonds is 4. The van der Waals surface area contributed by atoms with Crippen LogP contribution in [0.15, 0.2) is 66.0 Å². The van der Waals surface area contributed by atoms with Crippen molar-refractivity contribution >= 4 is 5.57 Å². The summed E-state index contributed by atoms with van der Waals surface area (Å²) in [5, 5.41) is 3.67. The number of nitrogens with zero attached hydrogens (tertiary/aromatic N) is 2. The standard InChI is InChI=1S/C26H28N2O/c1-17-13-22-23(26(5,6)12-11-25(22,3)4)15-21(17)18(2)20-9-7-19(8-10-20)14-24-27-16-28-29-24/h7-13,15-16H,2,14H2,1,3-6H3. The third kappa shape index (κ3) is 3.57. The zero-order valence-corrected chi connectivity index (χ0v) is 17.9. The largest absolute Gasteiger partial charge is 0.339 e. The van der Waals surface area contributed by atoms with Crippen LogP contribution in [0.2, 0.25) is 0 Å². The van der Waals surface area contributed by atoms with Crippen LogP contribution in [-0.4, -0.2) is 10.1 Å². The number of allylic oxidation sites excluding steroid dienone is 2. The molecule has 1 aliphatic rings. The first-order valence-corrected chi connectivity index (χ1v) is 10.1. The Morgan fingerprint density at radius 1 is 0.966 bits per heavy atom. The van der Waals surface area contributed by atoms with E-state index in [9.17, 15) is 0 Å². The minimum atomic E-state index is 0.0154. The van der Waals surface area contributed by atoms with Gasteiger partial charge in [-0.05, 0) is 51.9 Å². The molecule has 1 aliphatic carbocycles. The summed E-state index contributed by atoms with van der Waals surface area (Å²) in [5.74, 6) is 0.625. The summed E-state index contributed by atoms with van der Waals surface area (Å²) >= 11 is 0. The van der Waals surface area contributed by atoms with Gasteiger partial charge in [-0.2, -0.15) is 4.98 Å². The SMILES string of the molecule is C=C(c1ccc(Cc2ncno2)cc1)c1cc2c(cc1C)C(C)(C)C=CC2(C)C. The highest BCUT2D eigenvalue weighted by Crippen LogP contribution is 2.43. The monoisotopic (exact) mass is 384 g/mol. The van der Waals surface area contributed by atoms with E-state index in [1.807, 2.05) is 0 Å². The molecule has 0 aliphatic heterocycles. The number of hydrogen-bond acceptors (Lipinski definition) is 3. The molecule has 0 bridgehead atoms. The normalized spacial score (nSPS) is 16.4. The van der Waals surface area contributed by atoms with Gasteiger partial charge in [0.15, 0.2) is 6.33 Å². The molecule has 0 N–H and O–H groups in total. The Balaban J connectivity index is 1.68. The Labute approximate surface area is 173 Å². The molecule has 4 rings (SSSR count). The fraction of sp³-hybridized carbons (Fsp3) is 0.308. The second-order valence-electron chi connectivity index (χ2n) is 9.18. The van der Waals surface area contributed by atoms with Crippen LogP contribution in [0.4, 0.5) is 0 Å². The highest BCUT2D eigenvalue weighted by Gasteiger charge is 2.33. The summed E-state index contributed by atoms with van der Waals surface area (Å²) in [5.41, 5.74) is 8.67. The number of aromatic nitrogens is 2. The van der Waals surface area contributed by atoms with Gasteiger partial charge in [0, 0.05) is 10.8 Å². The molecule has 148 valence electrons. The van der Waals surface area contributed by atoms with Crippen molar-refractivity contribution in [2.45, 2.75) is 51.9 Å². The molecule has 0 saturated carbocycles. The molecule has 1 aromatic heterocycles. The molecule has 0 spiro atoms. The lowest BCUT2D eigenvalue weighted by molar-refractivity contribution is 0.384. The molecular formula is C26H28N2O. The molecule has 3 nitrogen and oxygen atoms in total. The molecule has 0 fully saturated rings. The van der Waals surface area contributed by atoms with Crippen LogP contribution in [0.25, 0.3) is 5.57 Å². The molecule has 0 radical (unpaired) electrons. The topological polar surface area (TPSA) is 38.9 Å². The minimum Gasteiger partial charge on any atom is -0.339 e. The van der Waals surface area contributed by atoms with Crippen molar-refractivity contribution in [2.75, 3.05) is 0 Å². The molecule has 0 saturated heterocycles. The fourth-order valence-electron chi connectivity index (χ4n) is 4.12. The third-order valence-electron chi connectivity index (χ3n) is 6.06. The van der Waals surface area contributed by atoms with Gasteiger partial charge in [0.1, 0.15) is 0 Å². The zero-order chi connectivity index (χ0) is 20.8. The number of hydrogen-bond donors (Lipinski definition) is 0. The first kappa shape index (κ1) is 19.4. The quantitative estimate of drug-likeness (QED) is 0.506. The molecule has 0 atom stereocenters. The minimum absolute atomic E-state index is 0.0154. The van der Waals surface area contributed by atoms with Crippen molar-refractivity contribution in [1.29, 1.82) is 0 Å². The number of aryl methyl sites for hydroxylation is 1. The maximum absolute atomic E-state index is 5.11. The molecule has 29 heavy (non-hydrogen) atoms. The van der Waals surface area contributed by atoms with Crippen LogP contribution in [-0.2, 0) is 17.3 Å². The van der Waals surface area contributed by atoms with E-state index in [0.29, 0.717) is 12.3 Å². The molecular weight excluding hydrogens is 356 g/mol. The van der Waals surface area contributed by atoms with Crippen molar-refractivity contribution in [3.63, 3.8) is 0 Å². The Kier molecular flexibility index (Phi) is 4.57. The molecule has 0 unspecified atom stereocenters. The van der Waals surface area contributed by atoms with Gasteiger partial charge in [-0.25, -0.2) is 0 Å². The molecule has 3 aromatic rings. The zero-order valence-electron chi connectivity index (χ0n) is 17.9. The van der Waals surface area contributed by atoms with E-state index < -0.39 is 0 Å². The van der Waals surface area contributed by atoms with Crippen molar-refractivity contribution in [2.24, 2.45) is 0 Å². The first-order chi connectivity index (χ1) is 13.7. The third-order valence-corrected chi connectivity index (χ3v) is 6.06. The van der Waals surface area contributed by atoms with Crippen LogP contribution in [0, 0.1) is 6.92 Å². The average molecular weight is 385 g/mol. The van der Waals surface area contributed by atoms with Gasteiger partial charge in [0.2, 0.25) is 5.89 Å². The van der Waals surface area contributed by atoms with Crippen LogP contribution >= 0.6 is 0 Å². The van der Waals surface area contributed by atoms with Crippen LogP contribution < -0.4 is 0 Å². The lowest BCUT2D eigenvalue weighted by Gasteiger charge is -2.37. The number of fused-ring (bicyclic) bond motifs is 1. The van der Waals surface area contributed by atoms with Gasteiger partial charge < -0.3 is 4.52 Å². The number of benzene rings is 2. The van der Waals surface area contributed by atoms with E-state index in [4.69, 9.17) is 4.52 Å². The summed E-state index contributed by atoms with van der Waals surface area (Å²) in [7, 11) is 0. The van der Waals surface area contributed by atoms with Gasteiger partial charge in [-0.3, -0.25) is 0 Å². The predicted octanol–water partition coefficient (Wildman–Crippen LogP) is 6.16. The van der Waals surface area contributed by atoms with Gasteiger partial charge in [-0.1, -0.05) is 81.9 Å². The summed E-state index contributed by atoms with van der Waals surface area (Å²) < 4.78 is 5.11. The van der Waals surface area contributed by atoms with E-state index >= 15 is 0 Å². The summed E-state index contributed by atoms with van der Waals surface area (Å²) in [6, 6.07) is 13.2. The molecule has 0 amide bonds. The van der Waals surface area contributed by atoms with E-state index in [0.717, 1.165) is 16.7 Å².